The summed E-state index contributed by atoms with van der Waals surface area (Å²) < 4.78 is 14.0. The molecule has 0 saturated carbocycles. The molecule has 0 aliphatic carbocycles. The maximum absolute atomic E-state index is 14.0. The average molecular weight is 611 g/mol. The third-order valence-electron chi connectivity index (χ3n) is 8.65. The van der Waals surface area contributed by atoms with E-state index in [1.807, 2.05) is 17.0 Å². The average Bonchev–Trinajstić information content (AvgIpc) is 3.00. The van der Waals surface area contributed by atoms with Crippen molar-refractivity contribution in [1.29, 1.82) is 0 Å². The second-order valence-electron chi connectivity index (χ2n) is 11.4. The molecule has 5 rings (SSSR count). The Balaban J connectivity index is 1.09. The van der Waals surface area contributed by atoms with Crippen LogP contribution in [0.15, 0.2) is 65.6 Å². The number of phenolic OH excluding ortho intramolecular Hbond substituents is 1. The van der Waals surface area contributed by atoms with Crippen LogP contribution in [0.5, 0.6) is 5.75 Å². The number of benzene rings is 3. The van der Waals surface area contributed by atoms with Crippen LogP contribution < -0.4 is 5.73 Å². The predicted molar refractivity (Wildman–Crippen MR) is 169 cm³/mol. The molecule has 2 aliphatic rings. The summed E-state index contributed by atoms with van der Waals surface area (Å²) in [6, 6.07) is 17.8. The van der Waals surface area contributed by atoms with Crippen LogP contribution in [0.1, 0.15) is 24.0 Å². The van der Waals surface area contributed by atoms with Gasteiger partial charge in [-0.2, -0.15) is 0 Å². The Kier molecular flexibility index (Phi) is 10.4. The third-order valence-corrected chi connectivity index (χ3v) is 9.73. The fourth-order valence-electron chi connectivity index (χ4n) is 6.21. The van der Waals surface area contributed by atoms with E-state index in [1.54, 1.807) is 23.9 Å². The number of rotatable bonds is 9. The normalized spacial score (nSPS) is 17.9. The number of carbonyl (C=O) groups is 1. The van der Waals surface area contributed by atoms with E-state index in [0.717, 1.165) is 88.8 Å². The van der Waals surface area contributed by atoms with E-state index in [4.69, 9.17) is 17.3 Å². The van der Waals surface area contributed by atoms with Crippen LogP contribution in [0.3, 0.4) is 0 Å². The number of nitrogens with zero attached hydrogens (tertiary/aromatic N) is 3. The Morgan fingerprint density at radius 1 is 1.00 bits per heavy atom. The first-order chi connectivity index (χ1) is 20.3. The van der Waals surface area contributed by atoms with Crippen LogP contribution in [-0.2, 0) is 17.8 Å². The highest BCUT2D eigenvalue weighted by Crippen LogP contribution is 2.31. The topological polar surface area (TPSA) is 73.0 Å². The summed E-state index contributed by atoms with van der Waals surface area (Å²) in [6.07, 6.45) is 4.63. The lowest BCUT2D eigenvalue weighted by molar-refractivity contribution is -0.136. The number of amides is 1. The molecule has 42 heavy (non-hydrogen) atoms. The van der Waals surface area contributed by atoms with E-state index in [1.165, 1.54) is 16.5 Å². The van der Waals surface area contributed by atoms with Gasteiger partial charge < -0.3 is 20.6 Å². The Labute approximate surface area is 257 Å². The summed E-state index contributed by atoms with van der Waals surface area (Å²) in [5.41, 5.74) is 10.4. The number of nitrogens with two attached hydrogens (primary N) is 1. The summed E-state index contributed by atoms with van der Waals surface area (Å²) in [5, 5.41) is 10.5. The number of likely N-dealkylation sites (tertiary alicyclic amines) is 1. The van der Waals surface area contributed by atoms with Crippen LogP contribution in [0.25, 0.3) is 11.1 Å². The molecule has 2 fully saturated rings. The van der Waals surface area contributed by atoms with Gasteiger partial charge in [0.2, 0.25) is 5.91 Å². The molecular weight excluding hydrogens is 571 g/mol. The summed E-state index contributed by atoms with van der Waals surface area (Å²) in [4.78, 5) is 21.4. The number of carbonyl (C=O) groups excluding carboxylic acids is 1. The molecule has 3 aromatic carbocycles. The van der Waals surface area contributed by atoms with Crippen molar-refractivity contribution in [3.05, 3.63) is 82.6 Å². The zero-order valence-corrected chi connectivity index (χ0v) is 25.7. The van der Waals surface area contributed by atoms with Crippen molar-refractivity contribution in [3.63, 3.8) is 0 Å². The van der Waals surface area contributed by atoms with Crippen molar-refractivity contribution in [2.24, 2.45) is 11.7 Å². The number of piperidine rings is 1. The summed E-state index contributed by atoms with van der Waals surface area (Å²) in [6.45, 7) is 6.66. The van der Waals surface area contributed by atoms with Gasteiger partial charge in [-0.1, -0.05) is 35.9 Å². The molecule has 2 aliphatic heterocycles. The highest BCUT2D eigenvalue weighted by molar-refractivity contribution is 7.98. The van der Waals surface area contributed by atoms with Gasteiger partial charge in [-0.05, 0) is 97.1 Å². The van der Waals surface area contributed by atoms with Gasteiger partial charge in [0.15, 0.2) is 0 Å². The zero-order valence-electron chi connectivity index (χ0n) is 24.1. The summed E-state index contributed by atoms with van der Waals surface area (Å²) in [5.74, 6) is -0.313. The molecule has 0 unspecified atom stereocenters. The first-order valence-corrected chi connectivity index (χ1v) is 16.3. The molecule has 2 heterocycles. The minimum atomic E-state index is -0.474. The Hall–Kier alpha value is -2.62. The van der Waals surface area contributed by atoms with Gasteiger partial charge in [-0.15, -0.1) is 11.8 Å². The van der Waals surface area contributed by atoms with Gasteiger partial charge in [-0.3, -0.25) is 9.69 Å². The molecule has 6 nitrogen and oxygen atoms in total. The largest absolute Gasteiger partial charge is 0.508 e. The Bertz CT molecular complexity index is 1360. The molecule has 3 aromatic rings. The molecule has 3 N–H and O–H groups in total. The van der Waals surface area contributed by atoms with Crippen LogP contribution >= 0.6 is 23.4 Å². The van der Waals surface area contributed by atoms with Gasteiger partial charge in [0.25, 0.3) is 0 Å². The number of halogens is 2. The predicted octanol–water partition coefficient (Wildman–Crippen LogP) is 5.50. The van der Waals surface area contributed by atoms with E-state index in [2.05, 4.69) is 40.3 Å². The van der Waals surface area contributed by atoms with E-state index >= 15 is 0 Å². The van der Waals surface area contributed by atoms with Crippen LogP contribution in [-0.4, -0.2) is 83.8 Å². The van der Waals surface area contributed by atoms with Crippen LogP contribution in [0.4, 0.5) is 4.39 Å². The Morgan fingerprint density at radius 3 is 2.45 bits per heavy atom. The van der Waals surface area contributed by atoms with Gasteiger partial charge in [0, 0.05) is 55.3 Å². The number of aromatic hydroxyl groups is 1. The maximum Gasteiger partial charge on any atom is 0.239 e. The molecule has 0 spiro atoms. The van der Waals surface area contributed by atoms with Gasteiger partial charge >= 0.3 is 0 Å². The van der Waals surface area contributed by atoms with Crippen molar-refractivity contribution < 1.29 is 14.3 Å². The minimum absolute atomic E-state index is 0.0829. The number of phenols is 1. The van der Waals surface area contributed by atoms with Crippen molar-refractivity contribution in [1.82, 2.24) is 14.7 Å². The maximum atomic E-state index is 14.0. The van der Waals surface area contributed by atoms with Crippen molar-refractivity contribution >= 4 is 29.3 Å². The molecule has 0 aromatic heterocycles. The molecule has 2 saturated heterocycles. The highest BCUT2D eigenvalue weighted by Gasteiger charge is 2.32. The standard InChI is InChI=1S/C33H40ClFN4O2S/c1-42-31-5-3-2-4-25(31)22-38-14-16-39(17-15-38)33(41)32(36)23-8-11-37(12-9-23)13-10-24-18-27(34)6-7-30(24)26-19-28(35)21-29(40)20-26/h2-7,18-21,23,32,40H,8-17,22,36H2,1H3/t32-/m1/s1. The minimum Gasteiger partial charge on any atom is -0.508 e. The quantitative estimate of drug-likeness (QED) is 0.312. The number of thioether (sulfide) groups is 1. The number of hydrogen-bond donors (Lipinski definition) is 2. The van der Waals surface area contributed by atoms with Crippen LogP contribution in [0.2, 0.25) is 5.02 Å². The molecule has 0 bridgehead atoms. The second-order valence-corrected chi connectivity index (χ2v) is 12.7. The number of hydrogen-bond acceptors (Lipinski definition) is 6. The van der Waals surface area contributed by atoms with E-state index in [9.17, 15) is 14.3 Å². The van der Waals surface area contributed by atoms with E-state index < -0.39 is 11.9 Å². The lowest BCUT2D eigenvalue weighted by Crippen LogP contribution is -2.55. The molecular formula is C33H40ClFN4O2S. The van der Waals surface area contributed by atoms with Crippen molar-refractivity contribution in [3.8, 4) is 16.9 Å². The van der Waals surface area contributed by atoms with Gasteiger partial charge in [0.1, 0.15) is 11.6 Å². The second kappa shape index (κ2) is 14.2. The molecule has 224 valence electrons. The SMILES string of the molecule is CSc1ccccc1CN1CCN(C(=O)[C@H](N)C2CCN(CCc3cc(Cl)ccc3-c3cc(O)cc(F)c3)CC2)CC1. The van der Waals surface area contributed by atoms with Gasteiger partial charge in [0.05, 0.1) is 6.04 Å². The molecule has 1 amide bonds. The first kappa shape index (κ1) is 30.8. The monoisotopic (exact) mass is 610 g/mol. The van der Waals surface area contributed by atoms with E-state index in [-0.39, 0.29) is 17.6 Å². The van der Waals surface area contributed by atoms with Crippen molar-refractivity contribution in [2.75, 3.05) is 52.1 Å². The fraction of sp³-hybridized carbons (Fsp3) is 0.424. The smallest absolute Gasteiger partial charge is 0.239 e. The van der Waals surface area contributed by atoms with Crippen molar-refractivity contribution in [2.45, 2.75) is 36.7 Å². The van der Waals surface area contributed by atoms with E-state index in [0.29, 0.717) is 10.6 Å². The highest BCUT2D eigenvalue weighted by atomic mass is 35.5. The van der Waals surface area contributed by atoms with Gasteiger partial charge in [-0.25, -0.2) is 4.39 Å². The molecule has 0 radical (unpaired) electrons. The lowest BCUT2D eigenvalue weighted by atomic mass is 9.88. The first-order valence-electron chi connectivity index (χ1n) is 14.7. The Morgan fingerprint density at radius 2 is 1.74 bits per heavy atom. The zero-order chi connectivity index (χ0) is 29.6. The summed E-state index contributed by atoms with van der Waals surface area (Å²) in [7, 11) is 0. The molecule has 1 atom stereocenters. The number of piperazine rings is 1. The molecule has 9 heteroatoms. The summed E-state index contributed by atoms with van der Waals surface area (Å²) >= 11 is 8.08. The fourth-order valence-corrected chi connectivity index (χ4v) is 7.01. The third kappa shape index (κ3) is 7.66. The van der Waals surface area contributed by atoms with Crippen LogP contribution in [0, 0.1) is 11.7 Å². The lowest BCUT2D eigenvalue weighted by Gasteiger charge is -2.39.